The molecule has 1 fully saturated rings. The maximum atomic E-state index is 13.2. The normalized spacial score (nSPS) is 17.2. The summed E-state index contributed by atoms with van der Waals surface area (Å²) in [5.41, 5.74) is 6.33. The number of hydrogen-bond acceptors (Lipinski definition) is 4. The molecule has 36 heavy (non-hydrogen) atoms. The average Bonchev–Trinajstić information content (AvgIpc) is 2.73. The van der Waals surface area contributed by atoms with E-state index in [0.29, 0.717) is 17.7 Å². The molecule has 0 aliphatic carbocycles. The highest BCUT2D eigenvalue weighted by atomic mass is 127. The Kier molecular flexibility index (Phi) is 16.5. The number of amides is 1. The van der Waals surface area contributed by atoms with Crippen molar-refractivity contribution in [3.8, 4) is 22.9 Å². The van der Waals surface area contributed by atoms with Gasteiger partial charge in [-0.15, -0.1) is 22.9 Å². The van der Waals surface area contributed by atoms with E-state index in [9.17, 15) is 22.4 Å². The molecule has 1 aliphatic heterocycles. The topological polar surface area (TPSA) is 61.8 Å². The Labute approximate surface area is 232 Å². The molecule has 0 bridgehead atoms. The van der Waals surface area contributed by atoms with Crippen LogP contribution in [0.15, 0.2) is 0 Å². The SMILES string of the molecule is C[C@@H](CC#C[Si](C)(C)C)N1CC(F)(F)COC1=O.C[C@H](CC#C[Si](C)(C)C)NCC(F)(F)CO.[2H]CI. The summed E-state index contributed by atoms with van der Waals surface area (Å²) in [5.74, 6) is 0.00378. The quantitative estimate of drug-likeness (QED) is 0.121. The van der Waals surface area contributed by atoms with E-state index in [-0.39, 0.29) is 12.1 Å². The van der Waals surface area contributed by atoms with Gasteiger partial charge in [0, 0.05) is 26.3 Å². The minimum absolute atomic E-state index is 0.0822. The third kappa shape index (κ3) is 20.3. The predicted octanol–water partition coefficient (Wildman–Crippen LogP) is 5.65. The summed E-state index contributed by atoms with van der Waals surface area (Å²) in [7, 11) is -2.83. The minimum atomic E-state index is -3.04. The van der Waals surface area contributed by atoms with Crippen LogP contribution in [0, 0.1) is 22.9 Å². The lowest BCUT2D eigenvalue weighted by molar-refractivity contribution is -0.112. The fourth-order valence-electron chi connectivity index (χ4n) is 2.44. The molecule has 1 amide bonds. The molecule has 1 heterocycles. The van der Waals surface area contributed by atoms with Gasteiger partial charge in [-0.2, -0.15) is 0 Å². The van der Waals surface area contributed by atoms with E-state index in [1.165, 1.54) is 0 Å². The molecular formula is C24H43F4IN2O3Si2. The average molecular weight is 668 g/mol. The van der Waals surface area contributed by atoms with Gasteiger partial charge in [0.25, 0.3) is 11.8 Å². The van der Waals surface area contributed by atoms with Gasteiger partial charge in [-0.25, -0.2) is 22.4 Å². The van der Waals surface area contributed by atoms with Gasteiger partial charge in [0.2, 0.25) is 0 Å². The summed E-state index contributed by atoms with van der Waals surface area (Å²) >= 11 is 1.96. The first kappa shape index (κ1) is 35.2. The van der Waals surface area contributed by atoms with Crippen LogP contribution in [0.5, 0.6) is 0 Å². The number of aliphatic hydroxyl groups is 1. The second kappa shape index (κ2) is 16.9. The number of alkyl halides is 5. The highest BCUT2D eigenvalue weighted by Crippen LogP contribution is 2.23. The van der Waals surface area contributed by atoms with Gasteiger partial charge in [-0.3, -0.25) is 4.90 Å². The zero-order valence-electron chi connectivity index (χ0n) is 23.7. The Morgan fingerprint density at radius 1 is 1.17 bits per heavy atom. The van der Waals surface area contributed by atoms with Crippen LogP contribution >= 0.6 is 22.6 Å². The van der Waals surface area contributed by atoms with Crippen LogP contribution in [0.2, 0.25) is 39.3 Å². The van der Waals surface area contributed by atoms with E-state index >= 15 is 0 Å². The number of ether oxygens (including phenoxy) is 1. The first-order valence-corrected chi connectivity index (χ1v) is 20.1. The van der Waals surface area contributed by atoms with Gasteiger partial charge in [0.05, 0.1) is 13.1 Å². The predicted molar refractivity (Wildman–Crippen MR) is 153 cm³/mol. The zero-order valence-corrected chi connectivity index (χ0v) is 26.9. The van der Waals surface area contributed by atoms with Crippen molar-refractivity contribution in [3.05, 3.63) is 0 Å². The smallest absolute Gasteiger partial charge is 0.410 e. The van der Waals surface area contributed by atoms with E-state index in [2.05, 4.69) is 72.3 Å². The Morgan fingerprint density at radius 3 is 2.08 bits per heavy atom. The van der Waals surface area contributed by atoms with Gasteiger partial charge in [-0.1, -0.05) is 61.9 Å². The largest absolute Gasteiger partial charge is 0.443 e. The number of aliphatic hydroxyl groups excluding tert-OH is 1. The molecule has 0 spiro atoms. The van der Waals surface area contributed by atoms with Crippen LogP contribution in [0.1, 0.15) is 28.1 Å². The van der Waals surface area contributed by atoms with E-state index in [0.717, 1.165) is 4.90 Å². The van der Waals surface area contributed by atoms with Crippen LogP contribution in [0.3, 0.4) is 0 Å². The van der Waals surface area contributed by atoms with Crippen molar-refractivity contribution in [2.45, 2.75) is 89.9 Å². The third-order valence-corrected chi connectivity index (χ3v) is 6.10. The van der Waals surface area contributed by atoms with Crippen LogP contribution in [-0.2, 0) is 4.74 Å². The molecule has 0 radical (unpaired) electrons. The number of cyclic esters (lactones) is 1. The van der Waals surface area contributed by atoms with E-state index in [1.54, 1.807) is 6.92 Å². The van der Waals surface area contributed by atoms with Crippen molar-refractivity contribution in [3.63, 3.8) is 0 Å². The Balaban J connectivity index is 0. The minimum Gasteiger partial charge on any atom is -0.443 e. The number of nitrogens with one attached hydrogen (secondary N) is 1. The van der Waals surface area contributed by atoms with Crippen molar-refractivity contribution in [2.24, 2.45) is 0 Å². The fraction of sp³-hybridized carbons (Fsp3) is 0.792. The summed E-state index contributed by atoms with van der Waals surface area (Å²) < 4.78 is 62.3. The highest BCUT2D eigenvalue weighted by Gasteiger charge is 2.42. The number of hydrogen-bond donors (Lipinski definition) is 2. The first-order valence-electron chi connectivity index (χ1n) is 12.3. The van der Waals surface area contributed by atoms with Crippen molar-refractivity contribution in [1.29, 1.82) is 0 Å². The van der Waals surface area contributed by atoms with Gasteiger partial charge >= 0.3 is 6.09 Å². The monoisotopic (exact) mass is 667 g/mol. The first-order chi connectivity index (χ1) is 16.7. The molecule has 0 saturated carbocycles. The van der Waals surface area contributed by atoms with Crippen LogP contribution in [0.25, 0.3) is 0 Å². The second-order valence-corrected chi connectivity index (χ2v) is 20.2. The molecule has 0 aromatic heterocycles. The maximum absolute atomic E-state index is 13.2. The molecule has 0 aromatic rings. The molecule has 1 rings (SSSR count). The second-order valence-electron chi connectivity index (χ2n) is 10.7. The van der Waals surface area contributed by atoms with Crippen LogP contribution in [-0.4, -0.2) is 87.4 Å². The van der Waals surface area contributed by atoms with Gasteiger partial charge in [0.15, 0.2) is 6.61 Å². The maximum Gasteiger partial charge on any atom is 0.410 e. The number of rotatable bonds is 7. The molecule has 5 nitrogen and oxygen atoms in total. The summed E-state index contributed by atoms with van der Waals surface area (Å²) in [4.78, 5) is 12.9. The number of halogens is 5. The summed E-state index contributed by atoms with van der Waals surface area (Å²) in [6, 6.07) is -0.436. The summed E-state index contributed by atoms with van der Waals surface area (Å²) in [6.45, 7) is 13.2. The Morgan fingerprint density at radius 2 is 1.64 bits per heavy atom. The van der Waals surface area contributed by atoms with Gasteiger partial charge in [0.1, 0.15) is 22.8 Å². The summed E-state index contributed by atoms with van der Waals surface area (Å²) in [5, 5.41) is 11.0. The van der Waals surface area contributed by atoms with Crippen LogP contribution < -0.4 is 5.32 Å². The Hall–Kier alpha value is -0.806. The molecule has 1 saturated heterocycles. The number of carbonyl (C=O) groups is 1. The lowest BCUT2D eigenvalue weighted by Gasteiger charge is -2.35. The standard InChI is InChI=1S/C12H19F2NO2Si.C11H21F2NOSi.CH3I/c1-10(6-5-7-18(2,3)4)15-8-12(13,14)9-17-11(15)16;1-10(6-5-7-16(2,3)4)14-8-11(12,13)9-15;1-2/h10H,6,8-9H2,1-4H3;10,14-15H,6,8-9H2,1-4H3;1H3/t2*10-;/m01./s1/i;;1D. The Bertz CT molecular complexity index is 804. The van der Waals surface area contributed by atoms with Gasteiger partial charge < -0.3 is 15.2 Å². The molecule has 210 valence electrons. The van der Waals surface area contributed by atoms with E-state index in [4.69, 9.17) is 6.48 Å². The zero-order chi connectivity index (χ0) is 29.5. The highest BCUT2D eigenvalue weighted by molar-refractivity contribution is 14.1. The third-order valence-electron chi connectivity index (χ3n) is 4.25. The van der Waals surface area contributed by atoms with E-state index in [1.807, 2.05) is 29.5 Å². The van der Waals surface area contributed by atoms with Gasteiger partial charge in [-0.05, 0) is 18.8 Å². The molecule has 0 aromatic carbocycles. The van der Waals surface area contributed by atoms with Crippen molar-refractivity contribution in [2.75, 3.05) is 31.2 Å². The van der Waals surface area contributed by atoms with Crippen LogP contribution in [0.4, 0.5) is 22.4 Å². The molecule has 2 atom stereocenters. The number of nitrogens with zero attached hydrogens (tertiary/aromatic N) is 1. The molecule has 1 aliphatic rings. The van der Waals surface area contributed by atoms with Crippen molar-refractivity contribution >= 4 is 44.8 Å². The molecule has 2 N–H and O–H groups in total. The molecule has 12 heteroatoms. The summed E-state index contributed by atoms with van der Waals surface area (Å²) in [6.07, 6.45) is 0.282. The van der Waals surface area contributed by atoms with E-state index < -0.39 is 60.4 Å². The molecular weight excluding hydrogens is 623 g/mol. The lowest BCUT2D eigenvalue weighted by Crippen LogP contribution is -2.52. The van der Waals surface area contributed by atoms with Crippen molar-refractivity contribution < 1.29 is 33.6 Å². The molecule has 0 unspecified atom stereocenters. The van der Waals surface area contributed by atoms with Crippen molar-refractivity contribution in [1.82, 2.24) is 10.2 Å². The lowest BCUT2D eigenvalue weighted by atomic mass is 10.2. The fourth-order valence-corrected chi connectivity index (χ4v) is 3.71. The number of carbonyl (C=O) groups excluding carboxylic acids is 1.